The lowest BCUT2D eigenvalue weighted by Crippen LogP contribution is -2.05. The summed E-state index contributed by atoms with van der Waals surface area (Å²) in [5.74, 6) is 1.85. The van der Waals surface area contributed by atoms with Crippen LogP contribution in [0.4, 0.5) is 11.8 Å². The number of hydrogen-bond acceptors (Lipinski definition) is 5. The number of nitrogens with zero attached hydrogens (tertiary/aromatic N) is 2. The molecule has 5 nitrogen and oxygen atoms in total. The Kier molecular flexibility index (Phi) is 2.53. The summed E-state index contributed by atoms with van der Waals surface area (Å²) in [6.07, 6.45) is 3.32. The number of hydrogen-bond donors (Lipinski definition) is 2. The van der Waals surface area contributed by atoms with Crippen molar-refractivity contribution in [2.24, 2.45) is 0 Å². The van der Waals surface area contributed by atoms with Crippen LogP contribution in [0.2, 0.25) is 0 Å². The topological polar surface area (TPSA) is 77.0 Å². The first-order chi connectivity index (χ1) is 7.25. The van der Waals surface area contributed by atoms with Crippen LogP contribution in [0.5, 0.6) is 0 Å². The largest absolute Gasteiger partial charge is 0.467 e. The molecule has 0 saturated heterocycles. The first-order valence-electron chi connectivity index (χ1n) is 4.61. The fourth-order valence-electron chi connectivity index (χ4n) is 1.22. The number of anilines is 2. The van der Waals surface area contributed by atoms with E-state index in [2.05, 4.69) is 15.3 Å². The number of aromatic nitrogens is 2. The van der Waals surface area contributed by atoms with Crippen LogP contribution in [0, 0.1) is 6.92 Å². The Morgan fingerprint density at radius 2 is 2.40 bits per heavy atom. The molecule has 5 heteroatoms. The molecule has 2 aromatic heterocycles. The number of furan rings is 1. The molecular weight excluding hydrogens is 192 g/mol. The summed E-state index contributed by atoms with van der Waals surface area (Å²) < 4.78 is 5.19. The van der Waals surface area contributed by atoms with Gasteiger partial charge in [0.15, 0.2) is 0 Å². The van der Waals surface area contributed by atoms with E-state index in [1.807, 2.05) is 19.1 Å². The van der Waals surface area contributed by atoms with Crippen molar-refractivity contribution >= 4 is 11.8 Å². The standard InChI is InChI=1S/C10H12N4O/c1-7-5-13-10(11)14-9(7)12-6-8-3-2-4-15-8/h2-5H,6H2,1H3,(H3,11,12,13,14). The van der Waals surface area contributed by atoms with Gasteiger partial charge in [-0.05, 0) is 19.1 Å². The quantitative estimate of drug-likeness (QED) is 0.793. The van der Waals surface area contributed by atoms with Crippen molar-refractivity contribution in [2.45, 2.75) is 13.5 Å². The molecule has 0 radical (unpaired) electrons. The third-order valence-electron chi connectivity index (χ3n) is 2.00. The molecular formula is C10H12N4O. The van der Waals surface area contributed by atoms with E-state index in [0.29, 0.717) is 6.54 Å². The minimum Gasteiger partial charge on any atom is -0.467 e. The molecule has 0 saturated carbocycles. The molecule has 0 aromatic carbocycles. The fraction of sp³-hybridized carbons (Fsp3) is 0.200. The highest BCUT2D eigenvalue weighted by Crippen LogP contribution is 2.12. The molecule has 0 aliphatic rings. The van der Waals surface area contributed by atoms with Crippen LogP contribution in [0.1, 0.15) is 11.3 Å². The molecule has 3 N–H and O–H groups in total. The monoisotopic (exact) mass is 204 g/mol. The summed E-state index contributed by atoms with van der Waals surface area (Å²) in [7, 11) is 0. The van der Waals surface area contributed by atoms with Gasteiger partial charge in [0.05, 0.1) is 12.8 Å². The van der Waals surface area contributed by atoms with Crippen LogP contribution in [0.15, 0.2) is 29.0 Å². The van der Waals surface area contributed by atoms with Gasteiger partial charge in [0.1, 0.15) is 11.6 Å². The van der Waals surface area contributed by atoms with Gasteiger partial charge in [-0.15, -0.1) is 0 Å². The average molecular weight is 204 g/mol. The van der Waals surface area contributed by atoms with Crippen LogP contribution < -0.4 is 11.1 Å². The molecule has 15 heavy (non-hydrogen) atoms. The van der Waals surface area contributed by atoms with Gasteiger partial charge in [-0.3, -0.25) is 0 Å². The van der Waals surface area contributed by atoms with Crippen LogP contribution in [-0.2, 0) is 6.54 Å². The molecule has 0 fully saturated rings. The first kappa shape index (κ1) is 9.51. The summed E-state index contributed by atoms with van der Waals surface area (Å²) in [6.45, 7) is 2.51. The van der Waals surface area contributed by atoms with Crippen LogP contribution >= 0.6 is 0 Å². The summed E-state index contributed by atoms with van der Waals surface area (Å²) in [5.41, 5.74) is 6.45. The van der Waals surface area contributed by atoms with Gasteiger partial charge in [0.25, 0.3) is 0 Å². The van der Waals surface area contributed by atoms with E-state index in [1.54, 1.807) is 12.5 Å². The van der Waals surface area contributed by atoms with E-state index >= 15 is 0 Å². The fourth-order valence-corrected chi connectivity index (χ4v) is 1.22. The third-order valence-corrected chi connectivity index (χ3v) is 2.00. The molecule has 0 amide bonds. The Morgan fingerprint density at radius 3 is 3.13 bits per heavy atom. The number of aryl methyl sites for hydroxylation is 1. The van der Waals surface area contributed by atoms with Crippen LogP contribution in [-0.4, -0.2) is 9.97 Å². The van der Waals surface area contributed by atoms with Gasteiger partial charge in [-0.25, -0.2) is 4.98 Å². The zero-order valence-corrected chi connectivity index (χ0v) is 8.40. The molecule has 78 valence electrons. The second kappa shape index (κ2) is 4.00. The first-order valence-corrected chi connectivity index (χ1v) is 4.61. The second-order valence-corrected chi connectivity index (χ2v) is 3.19. The minimum atomic E-state index is 0.266. The Bertz CT molecular complexity index is 439. The van der Waals surface area contributed by atoms with Crippen molar-refractivity contribution < 1.29 is 4.42 Å². The van der Waals surface area contributed by atoms with E-state index < -0.39 is 0 Å². The normalized spacial score (nSPS) is 10.2. The molecule has 0 unspecified atom stereocenters. The van der Waals surface area contributed by atoms with E-state index in [9.17, 15) is 0 Å². The number of rotatable bonds is 3. The third kappa shape index (κ3) is 2.25. The van der Waals surface area contributed by atoms with Gasteiger partial charge >= 0.3 is 0 Å². The maximum atomic E-state index is 5.49. The van der Waals surface area contributed by atoms with E-state index in [0.717, 1.165) is 17.1 Å². The Labute approximate surface area is 87.3 Å². The predicted octanol–water partition coefficient (Wildman–Crippen LogP) is 1.57. The zero-order chi connectivity index (χ0) is 10.7. The highest BCUT2D eigenvalue weighted by molar-refractivity contribution is 5.45. The predicted molar refractivity (Wildman–Crippen MR) is 57.2 cm³/mol. The minimum absolute atomic E-state index is 0.266. The molecule has 0 aliphatic carbocycles. The molecule has 2 aromatic rings. The van der Waals surface area contributed by atoms with Gasteiger partial charge in [-0.2, -0.15) is 4.98 Å². The Hall–Kier alpha value is -2.04. The highest BCUT2D eigenvalue weighted by atomic mass is 16.3. The van der Waals surface area contributed by atoms with Crippen molar-refractivity contribution in [1.29, 1.82) is 0 Å². The highest BCUT2D eigenvalue weighted by Gasteiger charge is 2.02. The maximum Gasteiger partial charge on any atom is 0.221 e. The van der Waals surface area contributed by atoms with Gasteiger partial charge < -0.3 is 15.5 Å². The second-order valence-electron chi connectivity index (χ2n) is 3.19. The maximum absolute atomic E-state index is 5.49. The molecule has 0 aliphatic heterocycles. The lowest BCUT2D eigenvalue weighted by atomic mass is 10.3. The smallest absolute Gasteiger partial charge is 0.221 e. The lowest BCUT2D eigenvalue weighted by molar-refractivity contribution is 0.517. The summed E-state index contributed by atoms with van der Waals surface area (Å²) in [5, 5.41) is 3.13. The molecule has 0 spiro atoms. The van der Waals surface area contributed by atoms with Crippen LogP contribution in [0.25, 0.3) is 0 Å². The molecule has 0 atom stereocenters. The van der Waals surface area contributed by atoms with E-state index in [4.69, 9.17) is 10.2 Å². The van der Waals surface area contributed by atoms with E-state index in [-0.39, 0.29) is 5.95 Å². The number of nitrogens with two attached hydrogens (primary N) is 1. The van der Waals surface area contributed by atoms with E-state index in [1.165, 1.54) is 0 Å². The summed E-state index contributed by atoms with van der Waals surface area (Å²) >= 11 is 0. The lowest BCUT2D eigenvalue weighted by Gasteiger charge is -2.06. The van der Waals surface area contributed by atoms with Crippen molar-refractivity contribution in [2.75, 3.05) is 11.1 Å². The molecule has 0 bridgehead atoms. The van der Waals surface area contributed by atoms with Gasteiger partial charge in [0.2, 0.25) is 5.95 Å². The van der Waals surface area contributed by atoms with Crippen molar-refractivity contribution in [3.05, 3.63) is 35.9 Å². The number of nitrogen functional groups attached to an aromatic ring is 1. The molecule has 2 rings (SSSR count). The number of nitrogens with one attached hydrogen (secondary N) is 1. The van der Waals surface area contributed by atoms with Crippen molar-refractivity contribution in [1.82, 2.24) is 9.97 Å². The van der Waals surface area contributed by atoms with Gasteiger partial charge in [0, 0.05) is 11.8 Å². The molecule has 2 heterocycles. The van der Waals surface area contributed by atoms with Crippen LogP contribution in [0.3, 0.4) is 0 Å². The Morgan fingerprint density at radius 1 is 1.53 bits per heavy atom. The zero-order valence-electron chi connectivity index (χ0n) is 8.40. The SMILES string of the molecule is Cc1cnc(N)nc1NCc1ccco1. The summed E-state index contributed by atoms with van der Waals surface area (Å²) in [6, 6.07) is 3.74. The van der Waals surface area contributed by atoms with Crippen molar-refractivity contribution in [3.63, 3.8) is 0 Å². The Balaban J connectivity index is 2.07. The average Bonchev–Trinajstić information content (AvgIpc) is 2.72. The van der Waals surface area contributed by atoms with Crippen molar-refractivity contribution in [3.8, 4) is 0 Å². The summed E-state index contributed by atoms with van der Waals surface area (Å²) in [4.78, 5) is 7.97. The van der Waals surface area contributed by atoms with Gasteiger partial charge in [-0.1, -0.05) is 0 Å².